The highest BCUT2D eigenvalue weighted by Crippen LogP contribution is 2.27. The molecule has 0 atom stereocenters. The Hall–Kier alpha value is -3.30. The second-order valence-electron chi connectivity index (χ2n) is 6.66. The first kappa shape index (κ1) is 18.7. The maximum absolute atomic E-state index is 12.4. The number of hydrogen-bond acceptors (Lipinski definition) is 7. The third-order valence-electron chi connectivity index (χ3n) is 4.43. The Morgan fingerprint density at radius 3 is 2.83 bits per heavy atom. The van der Waals surface area contributed by atoms with Crippen molar-refractivity contribution in [2.24, 2.45) is 0 Å². The van der Waals surface area contributed by atoms with E-state index in [0.717, 1.165) is 21.5 Å². The molecule has 0 spiro atoms. The molecule has 7 nitrogen and oxygen atoms in total. The number of carbonyl (C=O) groups excluding carboxylic acids is 1. The van der Waals surface area contributed by atoms with Crippen LogP contribution in [0.3, 0.4) is 0 Å². The van der Waals surface area contributed by atoms with Crippen LogP contribution < -0.4 is 5.32 Å². The van der Waals surface area contributed by atoms with Crippen molar-refractivity contribution in [1.82, 2.24) is 24.8 Å². The summed E-state index contributed by atoms with van der Waals surface area (Å²) in [7, 11) is 0. The number of rotatable bonds is 5. The first-order valence-electron chi connectivity index (χ1n) is 9.23. The third-order valence-corrected chi connectivity index (χ3v) is 6.28. The molecule has 0 radical (unpaired) electrons. The van der Waals surface area contributed by atoms with Crippen molar-refractivity contribution in [2.75, 3.05) is 11.1 Å². The zero-order chi connectivity index (χ0) is 20.5. The number of thioether (sulfide) groups is 1. The Labute approximate surface area is 180 Å². The van der Waals surface area contributed by atoms with Gasteiger partial charge in [-0.2, -0.15) is 9.61 Å². The molecule has 2 aromatic carbocycles. The summed E-state index contributed by atoms with van der Waals surface area (Å²) in [6.07, 6.45) is 0. The number of nitrogens with zero attached hydrogens (tertiary/aromatic N) is 5. The molecule has 0 aliphatic carbocycles. The van der Waals surface area contributed by atoms with Gasteiger partial charge in [-0.3, -0.25) is 4.79 Å². The minimum absolute atomic E-state index is 0.147. The first-order chi connectivity index (χ1) is 14.7. The molecular formula is C21H16N6OS2. The molecule has 1 amide bonds. The number of amides is 1. The smallest absolute Gasteiger partial charge is 0.236 e. The monoisotopic (exact) mass is 432 g/mol. The van der Waals surface area contributed by atoms with Crippen LogP contribution in [-0.2, 0) is 4.79 Å². The van der Waals surface area contributed by atoms with Gasteiger partial charge in [0, 0.05) is 5.56 Å². The van der Waals surface area contributed by atoms with Gasteiger partial charge in [0.25, 0.3) is 0 Å². The molecule has 30 heavy (non-hydrogen) atoms. The van der Waals surface area contributed by atoms with E-state index >= 15 is 0 Å². The Kier molecular flexibility index (Phi) is 4.89. The molecule has 0 aliphatic heterocycles. The van der Waals surface area contributed by atoms with Gasteiger partial charge in [-0.15, -0.1) is 10.2 Å². The summed E-state index contributed by atoms with van der Waals surface area (Å²) in [6.45, 7) is 2.04. The molecule has 5 aromatic rings. The molecule has 0 bridgehead atoms. The van der Waals surface area contributed by atoms with Crippen LogP contribution in [0, 0.1) is 6.92 Å². The standard InChI is InChI=1S/C21H16N6OS2/c1-13-7-8-16-17(11-13)30-20(22-16)23-19(28)12-29-21-25-24-18-10-9-15(26-27(18)21)14-5-3-2-4-6-14/h2-11H,12H2,1H3,(H,22,23,28). The SMILES string of the molecule is Cc1ccc2nc(NC(=O)CSc3nnc4ccc(-c5ccccc5)nn34)sc2c1. The van der Waals surface area contributed by atoms with Crippen molar-refractivity contribution in [3.05, 3.63) is 66.2 Å². The molecule has 0 aliphatic rings. The van der Waals surface area contributed by atoms with Crippen LogP contribution in [0.1, 0.15) is 5.56 Å². The lowest BCUT2D eigenvalue weighted by Gasteiger charge is -2.03. The van der Waals surface area contributed by atoms with Crippen LogP contribution in [0.15, 0.2) is 65.8 Å². The van der Waals surface area contributed by atoms with Gasteiger partial charge in [-0.05, 0) is 36.8 Å². The average molecular weight is 433 g/mol. The number of hydrogen-bond donors (Lipinski definition) is 1. The van der Waals surface area contributed by atoms with E-state index in [1.54, 1.807) is 4.52 Å². The van der Waals surface area contributed by atoms with Gasteiger partial charge in [0.2, 0.25) is 11.1 Å². The van der Waals surface area contributed by atoms with Gasteiger partial charge in [-0.25, -0.2) is 4.98 Å². The molecule has 148 valence electrons. The molecule has 0 saturated heterocycles. The first-order valence-corrected chi connectivity index (χ1v) is 11.0. The van der Waals surface area contributed by atoms with Gasteiger partial charge >= 0.3 is 0 Å². The lowest BCUT2D eigenvalue weighted by Crippen LogP contribution is -2.14. The topological polar surface area (TPSA) is 85.1 Å². The summed E-state index contributed by atoms with van der Waals surface area (Å²) in [4.78, 5) is 16.9. The van der Waals surface area contributed by atoms with E-state index in [1.807, 2.05) is 61.5 Å². The summed E-state index contributed by atoms with van der Waals surface area (Å²) in [6, 6.07) is 19.7. The van der Waals surface area contributed by atoms with E-state index in [-0.39, 0.29) is 11.7 Å². The fourth-order valence-electron chi connectivity index (χ4n) is 2.99. The van der Waals surface area contributed by atoms with Crippen molar-refractivity contribution in [3.8, 4) is 11.3 Å². The highest BCUT2D eigenvalue weighted by Gasteiger charge is 2.13. The average Bonchev–Trinajstić information content (AvgIpc) is 3.35. The Bertz CT molecular complexity index is 1360. The van der Waals surface area contributed by atoms with Gasteiger partial charge in [-0.1, -0.05) is 59.5 Å². The number of fused-ring (bicyclic) bond motifs is 2. The molecule has 5 rings (SSSR count). The molecular weight excluding hydrogens is 416 g/mol. The second kappa shape index (κ2) is 7.85. The highest BCUT2D eigenvalue weighted by atomic mass is 32.2. The molecule has 1 N–H and O–H groups in total. The van der Waals surface area contributed by atoms with Crippen LogP contribution >= 0.6 is 23.1 Å². The number of thiazole rings is 1. The molecule has 0 saturated carbocycles. The van der Waals surface area contributed by atoms with E-state index in [0.29, 0.717) is 15.9 Å². The number of aryl methyl sites for hydroxylation is 1. The molecule has 3 aromatic heterocycles. The van der Waals surface area contributed by atoms with Crippen molar-refractivity contribution >= 4 is 50.0 Å². The molecule has 9 heteroatoms. The maximum Gasteiger partial charge on any atom is 0.236 e. The summed E-state index contributed by atoms with van der Waals surface area (Å²) >= 11 is 2.76. The second-order valence-corrected chi connectivity index (χ2v) is 8.64. The van der Waals surface area contributed by atoms with Crippen LogP contribution in [-0.4, -0.2) is 36.5 Å². The summed E-state index contributed by atoms with van der Waals surface area (Å²) in [5.74, 6) is 0.0410. The van der Waals surface area contributed by atoms with E-state index < -0.39 is 0 Å². The van der Waals surface area contributed by atoms with E-state index in [4.69, 9.17) is 0 Å². The zero-order valence-corrected chi connectivity index (χ0v) is 17.6. The zero-order valence-electron chi connectivity index (χ0n) is 15.9. The fourth-order valence-corrected chi connectivity index (χ4v) is 4.66. The van der Waals surface area contributed by atoms with Crippen molar-refractivity contribution in [3.63, 3.8) is 0 Å². The Morgan fingerprint density at radius 2 is 1.97 bits per heavy atom. The number of carbonyl (C=O) groups is 1. The van der Waals surface area contributed by atoms with Crippen molar-refractivity contribution < 1.29 is 4.79 Å². The molecule has 0 unspecified atom stereocenters. The number of anilines is 1. The fraction of sp³-hybridized carbons (Fsp3) is 0.0952. The predicted molar refractivity (Wildman–Crippen MR) is 120 cm³/mol. The van der Waals surface area contributed by atoms with Crippen molar-refractivity contribution in [1.29, 1.82) is 0 Å². The van der Waals surface area contributed by atoms with E-state index in [1.165, 1.54) is 28.7 Å². The lowest BCUT2D eigenvalue weighted by molar-refractivity contribution is -0.113. The van der Waals surface area contributed by atoms with Gasteiger partial charge in [0.1, 0.15) is 0 Å². The normalized spacial score (nSPS) is 11.2. The Balaban J connectivity index is 1.31. The quantitative estimate of drug-likeness (QED) is 0.413. The van der Waals surface area contributed by atoms with E-state index in [2.05, 4.69) is 31.7 Å². The number of benzene rings is 2. The van der Waals surface area contributed by atoms with Crippen molar-refractivity contribution in [2.45, 2.75) is 12.1 Å². The van der Waals surface area contributed by atoms with Crippen LogP contribution in [0.4, 0.5) is 5.13 Å². The van der Waals surface area contributed by atoms with Gasteiger partial charge in [0.05, 0.1) is 21.7 Å². The highest BCUT2D eigenvalue weighted by molar-refractivity contribution is 7.99. The Morgan fingerprint density at radius 1 is 1.10 bits per heavy atom. The maximum atomic E-state index is 12.4. The third kappa shape index (κ3) is 3.77. The van der Waals surface area contributed by atoms with Gasteiger partial charge in [0.15, 0.2) is 10.8 Å². The van der Waals surface area contributed by atoms with Crippen LogP contribution in [0.2, 0.25) is 0 Å². The van der Waals surface area contributed by atoms with Gasteiger partial charge < -0.3 is 5.32 Å². The molecule has 0 fully saturated rings. The summed E-state index contributed by atoms with van der Waals surface area (Å²) < 4.78 is 2.72. The summed E-state index contributed by atoms with van der Waals surface area (Å²) in [5.41, 5.74) is 4.52. The predicted octanol–water partition coefficient (Wildman–Crippen LogP) is 4.44. The lowest BCUT2D eigenvalue weighted by atomic mass is 10.1. The van der Waals surface area contributed by atoms with Crippen LogP contribution in [0.25, 0.3) is 27.1 Å². The minimum Gasteiger partial charge on any atom is -0.301 e. The summed E-state index contributed by atoms with van der Waals surface area (Å²) in [5, 5.41) is 17.0. The van der Waals surface area contributed by atoms with Crippen LogP contribution in [0.5, 0.6) is 0 Å². The minimum atomic E-state index is -0.147. The molecule has 3 heterocycles. The number of aromatic nitrogens is 5. The number of nitrogens with one attached hydrogen (secondary N) is 1. The largest absolute Gasteiger partial charge is 0.301 e. The van der Waals surface area contributed by atoms with E-state index in [9.17, 15) is 4.79 Å².